The highest BCUT2D eigenvalue weighted by molar-refractivity contribution is 5.86. The summed E-state index contributed by atoms with van der Waals surface area (Å²) in [5, 5.41) is 29.3. The number of phenolic OH excluding ortho intramolecular Hbond substituents is 2. The van der Waals surface area contributed by atoms with Crippen LogP contribution in [-0.4, -0.2) is 39.3 Å². The lowest BCUT2D eigenvalue weighted by molar-refractivity contribution is -0.141. The van der Waals surface area contributed by atoms with E-state index < -0.39 is 24.0 Å². The van der Waals surface area contributed by atoms with Gasteiger partial charge in [-0.1, -0.05) is 6.07 Å². The van der Waals surface area contributed by atoms with E-state index in [1.165, 1.54) is 25.1 Å². The maximum atomic E-state index is 11.6. The minimum absolute atomic E-state index is 0.117. The van der Waals surface area contributed by atoms with E-state index in [0.29, 0.717) is 5.56 Å². The van der Waals surface area contributed by atoms with Gasteiger partial charge in [0.2, 0.25) is 5.91 Å². The molecular formula is C12H16N2O5. The van der Waals surface area contributed by atoms with Crippen molar-refractivity contribution in [2.45, 2.75) is 25.4 Å². The topological polar surface area (TPSA) is 133 Å². The van der Waals surface area contributed by atoms with Gasteiger partial charge in [-0.3, -0.25) is 9.59 Å². The van der Waals surface area contributed by atoms with Gasteiger partial charge in [-0.25, -0.2) is 0 Å². The molecule has 0 saturated carbocycles. The maximum Gasteiger partial charge on any atom is 0.325 e. The molecule has 1 amide bonds. The second-order valence-electron chi connectivity index (χ2n) is 4.20. The van der Waals surface area contributed by atoms with E-state index in [2.05, 4.69) is 5.32 Å². The van der Waals surface area contributed by atoms with Gasteiger partial charge in [-0.2, -0.15) is 0 Å². The number of aliphatic carboxylic acids is 1. The Morgan fingerprint density at radius 3 is 2.47 bits per heavy atom. The molecule has 0 spiro atoms. The summed E-state index contributed by atoms with van der Waals surface area (Å²) in [6.07, 6.45) is 0.117. The van der Waals surface area contributed by atoms with Crippen molar-refractivity contribution >= 4 is 11.9 Å². The van der Waals surface area contributed by atoms with Crippen molar-refractivity contribution in [2.24, 2.45) is 5.73 Å². The van der Waals surface area contributed by atoms with E-state index in [4.69, 9.17) is 15.9 Å². The Morgan fingerprint density at radius 1 is 1.32 bits per heavy atom. The molecule has 0 aliphatic carbocycles. The summed E-state index contributed by atoms with van der Waals surface area (Å²) in [7, 11) is 0. The van der Waals surface area contributed by atoms with Crippen LogP contribution in [0.15, 0.2) is 18.2 Å². The summed E-state index contributed by atoms with van der Waals surface area (Å²) in [4.78, 5) is 22.2. The van der Waals surface area contributed by atoms with Crippen molar-refractivity contribution in [2.75, 3.05) is 0 Å². The molecule has 0 unspecified atom stereocenters. The lowest BCUT2D eigenvalue weighted by atomic mass is 10.1. The number of carboxylic acid groups (broad SMARTS) is 1. The number of carbonyl (C=O) groups is 2. The molecule has 0 saturated heterocycles. The van der Waals surface area contributed by atoms with E-state index in [-0.39, 0.29) is 17.9 Å². The van der Waals surface area contributed by atoms with Crippen LogP contribution in [0.2, 0.25) is 0 Å². The predicted molar refractivity (Wildman–Crippen MR) is 66.7 cm³/mol. The molecule has 1 aromatic carbocycles. The van der Waals surface area contributed by atoms with Gasteiger partial charge in [0.15, 0.2) is 11.5 Å². The van der Waals surface area contributed by atoms with Gasteiger partial charge in [-0.15, -0.1) is 0 Å². The van der Waals surface area contributed by atoms with Gasteiger partial charge in [0.1, 0.15) is 6.04 Å². The SMILES string of the molecule is C[C@@H](NC(=O)[C@@H](N)Cc1ccc(O)c(O)c1)C(=O)O. The van der Waals surface area contributed by atoms with E-state index in [0.717, 1.165) is 0 Å². The summed E-state index contributed by atoms with van der Waals surface area (Å²) in [6, 6.07) is 2.14. The Kier molecular flexibility index (Phi) is 4.71. The van der Waals surface area contributed by atoms with Crippen LogP contribution in [0.3, 0.4) is 0 Å². The van der Waals surface area contributed by atoms with Crippen molar-refractivity contribution < 1.29 is 24.9 Å². The summed E-state index contributed by atoms with van der Waals surface area (Å²) >= 11 is 0. The van der Waals surface area contributed by atoms with E-state index >= 15 is 0 Å². The van der Waals surface area contributed by atoms with Crippen molar-refractivity contribution in [3.63, 3.8) is 0 Å². The first-order chi connectivity index (χ1) is 8.81. The van der Waals surface area contributed by atoms with Crippen LogP contribution in [0.4, 0.5) is 0 Å². The number of rotatable bonds is 5. The van der Waals surface area contributed by atoms with Gasteiger partial charge in [0, 0.05) is 0 Å². The molecule has 0 aromatic heterocycles. The Balaban J connectivity index is 2.63. The van der Waals surface area contributed by atoms with Crippen LogP contribution in [0.25, 0.3) is 0 Å². The van der Waals surface area contributed by atoms with Crippen LogP contribution >= 0.6 is 0 Å². The largest absolute Gasteiger partial charge is 0.504 e. The van der Waals surface area contributed by atoms with Crippen molar-refractivity contribution in [1.82, 2.24) is 5.32 Å². The molecule has 104 valence electrons. The maximum absolute atomic E-state index is 11.6. The average molecular weight is 268 g/mol. The van der Waals surface area contributed by atoms with Crippen LogP contribution in [-0.2, 0) is 16.0 Å². The molecule has 19 heavy (non-hydrogen) atoms. The zero-order valence-electron chi connectivity index (χ0n) is 10.3. The lowest BCUT2D eigenvalue weighted by Crippen LogP contribution is -2.48. The zero-order chi connectivity index (χ0) is 14.6. The predicted octanol–water partition coefficient (Wildman–Crippen LogP) is -0.443. The van der Waals surface area contributed by atoms with E-state index in [9.17, 15) is 14.7 Å². The fraction of sp³-hybridized carbons (Fsp3) is 0.333. The fourth-order valence-electron chi connectivity index (χ4n) is 1.42. The van der Waals surface area contributed by atoms with Crippen molar-refractivity contribution in [1.29, 1.82) is 0 Å². The number of benzene rings is 1. The molecule has 0 radical (unpaired) electrons. The van der Waals surface area contributed by atoms with Gasteiger partial charge in [0.25, 0.3) is 0 Å². The third-order valence-corrected chi connectivity index (χ3v) is 2.56. The van der Waals surface area contributed by atoms with Gasteiger partial charge < -0.3 is 26.4 Å². The molecule has 1 aromatic rings. The van der Waals surface area contributed by atoms with Crippen LogP contribution in [0.1, 0.15) is 12.5 Å². The number of hydrogen-bond acceptors (Lipinski definition) is 5. The van der Waals surface area contributed by atoms with E-state index in [1.54, 1.807) is 0 Å². The first-order valence-corrected chi connectivity index (χ1v) is 5.61. The first kappa shape index (κ1) is 14.8. The third kappa shape index (κ3) is 4.14. The number of aromatic hydroxyl groups is 2. The summed E-state index contributed by atoms with van der Waals surface area (Å²) < 4.78 is 0. The van der Waals surface area contributed by atoms with Crippen LogP contribution in [0.5, 0.6) is 11.5 Å². The summed E-state index contributed by atoms with van der Waals surface area (Å²) in [5.41, 5.74) is 6.19. The molecule has 0 fully saturated rings. The molecule has 2 atom stereocenters. The number of nitrogens with two attached hydrogens (primary N) is 1. The molecule has 0 heterocycles. The van der Waals surface area contributed by atoms with Crippen LogP contribution in [0, 0.1) is 0 Å². The number of nitrogens with one attached hydrogen (secondary N) is 1. The Hall–Kier alpha value is -2.28. The Morgan fingerprint density at radius 2 is 1.95 bits per heavy atom. The second-order valence-corrected chi connectivity index (χ2v) is 4.20. The monoisotopic (exact) mass is 268 g/mol. The van der Waals surface area contributed by atoms with Gasteiger partial charge in [-0.05, 0) is 31.0 Å². The van der Waals surface area contributed by atoms with Gasteiger partial charge in [0.05, 0.1) is 6.04 Å². The molecule has 7 heteroatoms. The van der Waals surface area contributed by atoms with Crippen molar-refractivity contribution in [3.05, 3.63) is 23.8 Å². The minimum Gasteiger partial charge on any atom is -0.504 e. The number of carbonyl (C=O) groups excluding carboxylic acids is 1. The van der Waals surface area contributed by atoms with Gasteiger partial charge >= 0.3 is 5.97 Å². The summed E-state index contributed by atoms with van der Waals surface area (Å²) in [6.45, 7) is 1.33. The number of carboxylic acids is 1. The molecule has 6 N–H and O–H groups in total. The molecule has 7 nitrogen and oxygen atoms in total. The Labute approximate surface area is 109 Å². The highest BCUT2D eigenvalue weighted by atomic mass is 16.4. The Bertz CT molecular complexity index is 489. The second kappa shape index (κ2) is 6.05. The first-order valence-electron chi connectivity index (χ1n) is 5.61. The summed E-state index contributed by atoms with van der Waals surface area (Å²) in [5.74, 6) is -2.31. The number of hydrogen-bond donors (Lipinski definition) is 5. The standard InChI is InChI=1S/C12H16N2O5/c1-6(12(18)19)14-11(17)8(13)4-7-2-3-9(15)10(16)5-7/h2-3,5-6,8,15-16H,4,13H2,1H3,(H,14,17)(H,18,19)/t6-,8+/m1/s1. The smallest absolute Gasteiger partial charge is 0.325 e. The van der Waals surface area contributed by atoms with Crippen LogP contribution < -0.4 is 11.1 Å². The molecule has 1 rings (SSSR count). The molecule has 0 aliphatic rings. The minimum atomic E-state index is -1.15. The van der Waals surface area contributed by atoms with E-state index in [1.807, 2.05) is 0 Å². The molecule has 0 aliphatic heterocycles. The zero-order valence-corrected chi connectivity index (χ0v) is 10.3. The highest BCUT2D eigenvalue weighted by Crippen LogP contribution is 2.25. The molecular weight excluding hydrogens is 252 g/mol. The molecule has 0 bridgehead atoms. The highest BCUT2D eigenvalue weighted by Gasteiger charge is 2.19. The quantitative estimate of drug-likeness (QED) is 0.460. The lowest BCUT2D eigenvalue weighted by Gasteiger charge is -2.15. The number of phenols is 2. The average Bonchev–Trinajstić information content (AvgIpc) is 2.33. The fourth-order valence-corrected chi connectivity index (χ4v) is 1.42. The number of amides is 1. The van der Waals surface area contributed by atoms with Crippen molar-refractivity contribution in [3.8, 4) is 11.5 Å². The normalized spacial score (nSPS) is 13.6. The third-order valence-electron chi connectivity index (χ3n) is 2.56.